The Bertz CT molecular complexity index is 676. The molecular formula is C16H17BrClFN4. The second kappa shape index (κ2) is 8.84. The normalized spacial score (nSPS) is 11.4. The van der Waals surface area contributed by atoms with Crippen molar-refractivity contribution in [1.82, 2.24) is 15.6 Å². The van der Waals surface area contributed by atoms with Gasteiger partial charge >= 0.3 is 0 Å². The molecule has 1 heterocycles. The van der Waals surface area contributed by atoms with Gasteiger partial charge < -0.3 is 10.6 Å². The van der Waals surface area contributed by atoms with E-state index in [1.807, 2.05) is 12.1 Å². The number of rotatable bonds is 5. The molecule has 4 nitrogen and oxygen atoms in total. The van der Waals surface area contributed by atoms with Gasteiger partial charge in [-0.2, -0.15) is 0 Å². The number of aliphatic imine (C=N–C) groups is 1. The van der Waals surface area contributed by atoms with E-state index in [1.54, 1.807) is 25.4 Å². The van der Waals surface area contributed by atoms with Crippen LogP contribution in [0.2, 0.25) is 5.15 Å². The van der Waals surface area contributed by atoms with Crippen LogP contribution in [-0.2, 0) is 13.0 Å². The molecule has 2 aromatic rings. The summed E-state index contributed by atoms with van der Waals surface area (Å²) < 4.78 is 13.9. The fraction of sp³-hybridized carbons (Fsp3) is 0.250. The Kier molecular flexibility index (Phi) is 6.80. The van der Waals surface area contributed by atoms with Crippen molar-refractivity contribution in [2.75, 3.05) is 13.6 Å². The smallest absolute Gasteiger partial charge is 0.191 e. The van der Waals surface area contributed by atoms with Crippen LogP contribution in [-0.4, -0.2) is 24.5 Å². The van der Waals surface area contributed by atoms with E-state index in [0.717, 1.165) is 17.5 Å². The third kappa shape index (κ3) is 5.80. The summed E-state index contributed by atoms with van der Waals surface area (Å²) in [6.45, 7) is 1.20. The first-order chi connectivity index (χ1) is 11.1. The van der Waals surface area contributed by atoms with Crippen LogP contribution in [0.15, 0.2) is 46.0 Å². The average Bonchev–Trinajstić information content (AvgIpc) is 2.55. The van der Waals surface area contributed by atoms with E-state index < -0.39 is 0 Å². The van der Waals surface area contributed by atoms with Crippen LogP contribution in [0, 0.1) is 5.82 Å². The Balaban J connectivity index is 1.79. The first-order valence-electron chi connectivity index (χ1n) is 7.07. The molecular weight excluding hydrogens is 383 g/mol. The van der Waals surface area contributed by atoms with Crippen LogP contribution in [0.1, 0.15) is 11.1 Å². The molecule has 0 aliphatic carbocycles. The standard InChI is InChI=1S/C16H17BrClFN4/c1-20-16(21-7-6-11-3-5-15(18)22-9-11)23-10-12-2-4-13(17)14(19)8-12/h2-5,8-9H,6-7,10H2,1H3,(H2,20,21,23). The molecule has 23 heavy (non-hydrogen) atoms. The molecule has 0 spiro atoms. The molecule has 0 amide bonds. The molecule has 0 atom stereocenters. The van der Waals surface area contributed by atoms with Crippen molar-refractivity contribution in [3.8, 4) is 0 Å². The zero-order valence-corrected chi connectivity index (χ0v) is 15.0. The number of halogens is 3. The van der Waals surface area contributed by atoms with E-state index in [0.29, 0.717) is 28.7 Å². The van der Waals surface area contributed by atoms with Crippen LogP contribution in [0.3, 0.4) is 0 Å². The second-order valence-electron chi connectivity index (χ2n) is 4.84. The van der Waals surface area contributed by atoms with Crippen LogP contribution in [0.5, 0.6) is 0 Å². The number of hydrogen-bond donors (Lipinski definition) is 2. The molecule has 0 saturated carbocycles. The molecule has 1 aromatic heterocycles. The van der Waals surface area contributed by atoms with Crippen molar-refractivity contribution in [2.45, 2.75) is 13.0 Å². The van der Waals surface area contributed by atoms with Gasteiger partial charge in [-0.3, -0.25) is 4.99 Å². The first-order valence-corrected chi connectivity index (χ1v) is 8.24. The summed E-state index contributed by atoms with van der Waals surface area (Å²) in [6, 6.07) is 8.75. The zero-order chi connectivity index (χ0) is 16.7. The molecule has 0 aliphatic heterocycles. The van der Waals surface area contributed by atoms with Crippen molar-refractivity contribution in [3.63, 3.8) is 0 Å². The Hall–Kier alpha value is -1.66. The van der Waals surface area contributed by atoms with Crippen molar-refractivity contribution in [1.29, 1.82) is 0 Å². The predicted molar refractivity (Wildman–Crippen MR) is 95.3 cm³/mol. The third-order valence-electron chi connectivity index (χ3n) is 3.16. The molecule has 7 heteroatoms. The number of hydrogen-bond acceptors (Lipinski definition) is 2. The molecule has 1 aromatic carbocycles. The number of nitrogens with zero attached hydrogens (tertiary/aromatic N) is 2. The van der Waals surface area contributed by atoms with Crippen LogP contribution < -0.4 is 10.6 Å². The SMILES string of the molecule is CN=C(NCCc1ccc(Cl)nc1)NCc1ccc(Br)c(F)c1. The average molecular weight is 400 g/mol. The maximum atomic E-state index is 13.5. The third-order valence-corrected chi connectivity index (χ3v) is 4.03. The minimum absolute atomic E-state index is 0.275. The van der Waals surface area contributed by atoms with Crippen LogP contribution in [0.4, 0.5) is 4.39 Å². The molecule has 0 unspecified atom stereocenters. The Morgan fingerprint density at radius 1 is 1.26 bits per heavy atom. The molecule has 0 aliphatic rings. The van der Waals surface area contributed by atoms with Crippen molar-refractivity contribution >= 4 is 33.5 Å². The lowest BCUT2D eigenvalue weighted by atomic mass is 10.2. The minimum Gasteiger partial charge on any atom is -0.356 e. The topological polar surface area (TPSA) is 49.3 Å². The zero-order valence-electron chi connectivity index (χ0n) is 12.6. The van der Waals surface area contributed by atoms with Gasteiger partial charge in [0.2, 0.25) is 0 Å². The van der Waals surface area contributed by atoms with Crippen molar-refractivity contribution < 1.29 is 4.39 Å². The summed E-state index contributed by atoms with van der Waals surface area (Å²) in [6.07, 6.45) is 2.56. The van der Waals surface area contributed by atoms with Gasteiger partial charge in [0.1, 0.15) is 11.0 Å². The highest BCUT2D eigenvalue weighted by atomic mass is 79.9. The molecule has 2 N–H and O–H groups in total. The largest absolute Gasteiger partial charge is 0.356 e. The molecule has 0 bridgehead atoms. The summed E-state index contributed by atoms with van der Waals surface area (Å²) in [5, 5.41) is 6.84. The highest BCUT2D eigenvalue weighted by molar-refractivity contribution is 9.10. The maximum absolute atomic E-state index is 13.5. The van der Waals surface area contributed by atoms with Crippen molar-refractivity contribution in [2.24, 2.45) is 4.99 Å². The molecule has 0 radical (unpaired) electrons. The number of pyridine rings is 1. The van der Waals surface area contributed by atoms with E-state index >= 15 is 0 Å². The summed E-state index contributed by atoms with van der Waals surface area (Å²) in [4.78, 5) is 8.18. The minimum atomic E-state index is -0.275. The summed E-state index contributed by atoms with van der Waals surface area (Å²) in [5.41, 5.74) is 1.93. The van der Waals surface area contributed by atoms with Gasteiger partial charge in [0.25, 0.3) is 0 Å². The fourth-order valence-electron chi connectivity index (χ4n) is 1.94. The second-order valence-corrected chi connectivity index (χ2v) is 6.08. The van der Waals surface area contributed by atoms with Gasteiger partial charge in [-0.15, -0.1) is 0 Å². The fourth-order valence-corrected chi connectivity index (χ4v) is 2.29. The number of nitrogens with one attached hydrogen (secondary N) is 2. The lowest BCUT2D eigenvalue weighted by molar-refractivity contribution is 0.617. The van der Waals surface area contributed by atoms with E-state index in [-0.39, 0.29) is 5.82 Å². The maximum Gasteiger partial charge on any atom is 0.191 e. The van der Waals surface area contributed by atoms with Gasteiger partial charge in [-0.25, -0.2) is 9.37 Å². The lowest BCUT2D eigenvalue weighted by Gasteiger charge is -2.12. The molecule has 2 rings (SSSR count). The number of aromatic nitrogens is 1. The van der Waals surface area contributed by atoms with E-state index in [4.69, 9.17) is 11.6 Å². The highest BCUT2D eigenvalue weighted by Crippen LogP contribution is 2.16. The molecule has 0 fully saturated rings. The van der Waals surface area contributed by atoms with E-state index in [9.17, 15) is 4.39 Å². The summed E-state index contributed by atoms with van der Waals surface area (Å²) in [5.74, 6) is 0.387. The van der Waals surface area contributed by atoms with Gasteiger partial charge in [-0.05, 0) is 51.7 Å². The number of guanidine groups is 1. The van der Waals surface area contributed by atoms with Gasteiger partial charge in [0.15, 0.2) is 5.96 Å². The summed E-state index contributed by atoms with van der Waals surface area (Å²) in [7, 11) is 1.70. The first kappa shape index (κ1) is 17.7. The highest BCUT2D eigenvalue weighted by Gasteiger charge is 2.02. The Morgan fingerprint density at radius 3 is 2.70 bits per heavy atom. The van der Waals surface area contributed by atoms with Crippen LogP contribution in [0.25, 0.3) is 0 Å². The Labute approximate surface area is 148 Å². The van der Waals surface area contributed by atoms with E-state index in [2.05, 4.69) is 36.5 Å². The van der Waals surface area contributed by atoms with Gasteiger partial charge in [0.05, 0.1) is 4.47 Å². The van der Waals surface area contributed by atoms with Crippen molar-refractivity contribution in [3.05, 3.63) is 63.1 Å². The monoisotopic (exact) mass is 398 g/mol. The Morgan fingerprint density at radius 2 is 2.04 bits per heavy atom. The number of benzene rings is 1. The summed E-state index contributed by atoms with van der Waals surface area (Å²) >= 11 is 8.89. The van der Waals surface area contributed by atoms with Crippen LogP contribution >= 0.6 is 27.5 Å². The quantitative estimate of drug-likeness (QED) is 0.459. The lowest BCUT2D eigenvalue weighted by Crippen LogP contribution is -2.37. The van der Waals surface area contributed by atoms with E-state index in [1.165, 1.54) is 6.07 Å². The van der Waals surface area contributed by atoms with Gasteiger partial charge in [-0.1, -0.05) is 23.7 Å². The van der Waals surface area contributed by atoms with Gasteiger partial charge in [0, 0.05) is 26.3 Å². The molecule has 0 saturated heterocycles. The predicted octanol–water partition coefficient (Wildman–Crippen LogP) is 3.54. The molecule has 122 valence electrons.